The summed E-state index contributed by atoms with van der Waals surface area (Å²) in [6.45, 7) is 0.188. The summed E-state index contributed by atoms with van der Waals surface area (Å²) in [5, 5.41) is 10.4. The number of allylic oxidation sites excluding steroid dienone is 1. The summed E-state index contributed by atoms with van der Waals surface area (Å²) in [5.41, 5.74) is 0.795. The van der Waals surface area contributed by atoms with E-state index in [0.717, 1.165) is 5.56 Å². The molecule has 0 bridgehead atoms. The Morgan fingerprint density at radius 1 is 1.24 bits per heavy atom. The van der Waals surface area contributed by atoms with Crippen LogP contribution in [0.25, 0.3) is 5.82 Å². The second-order valence-corrected chi connectivity index (χ2v) is 6.51. The molecule has 9 heteroatoms. The number of nitrogens with one attached hydrogen (secondary N) is 2. The molecule has 9 nitrogen and oxygen atoms in total. The zero-order chi connectivity index (χ0) is 19.7. The molecule has 146 valence electrons. The fraction of sp³-hybridized carbons (Fsp3) is 0.150. The number of hydrogen-bond acceptors (Lipinski definition) is 7. The highest BCUT2D eigenvalue weighted by Crippen LogP contribution is 2.33. The minimum atomic E-state index is -1.28. The SMILES string of the molecule is O=C(Cc1ccc2c(c1)OCO2)NC1(c2ccco2)N=CC=C(n2cccn2)N1. The first-order chi connectivity index (χ1) is 14.2. The van der Waals surface area contributed by atoms with Crippen LogP contribution in [0.2, 0.25) is 0 Å². The Bertz CT molecular complexity index is 1090. The van der Waals surface area contributed by atoms with Crippen molar-refractivity contribution < 1.29 is 18.7 Å². The summed E-state index contributed by atoms with van der Waals surface area (Å²) in [4.78, 5) is 17.4. The van der Waals surface area contributed by atoms with Crippen LogP contribution in [0.4, 0.5) is 0 Å². The summed E-state index contributed by atoms with van der Waals surface area (Å²) in [5.74, 6) is 0.872. The first-order valence-electron chi connectivity index (χ1n) is 8.99. The molecule has 0 saturated heterocycles. The molecule has 29 heavy (non-hydrogen) atoms. The molecule has 0 fully saturated rings. The molecule has 2 aliphatic heterocycles. The standard InChI is InChI=1S/C20H17N5O4/c26-19(12-14-4-5-15-16(11-14)29-13-28-15)24-20(17-3-1-10-27-17)21-8-6-18(23-20)25-9-2-7-22-25/h1-11,23H,12-13H2,(H,24,26). The lowest BCUT2D eigenvalue weighted by Crippen LogP contribution is -2.56. The topological polar surface area (TPSA) is 103 Å². The van der Waals surface area contributed by atoms with Gasteiger partial charge < -0.3 is 24.5 Å². The number of carbonyl (C=O) groups is 1. The van der Waals surface area contributed by atoms with Crippen LogP contribution >= 0.6 is 0 Å². The zero-order valence-electron chi connectivity index (χ0n) is 15.2. The third-order valence-corrected chi connectivity index (χ3v) is 4.56. The quantitative estimate of drug-likeness (QED) is 0.688. The van der Waals surface area contributed by atoms with Gasteiger partial charge in [0.2, 0.25) is 12.7 Å². The average Bonchev–Trinajstić information content (AvgIpc) is 3.50. The number of furan rings is 1. The molecule has 0 radical (unpaired) electrons. The lowest BCUT2D eigenvalue weighted by molar-refractivity contribution is -0.123. The van der Waals surface area contributed by atoms with E-state index in [0.29, 0.717) is 23.1 Å². The molecule has 1 atom stereocenters. The van der Waals surface area contributed by atoms with Gasteiger partial charge in [0.25, 0.3) is 5.79 Å². The molecule has 0 spiro atoms. The maximum Gasteiger partial charge on any atom is 0.269 e. The lowest BCUT2D eigenvalue weighted by atomic mass is 10.1. The van der Waals surface area contributed by atoms with E-state index in [1.54, 1.807) is 59.7 Å². The molecule has 0 saturated carbocycles. The Balaban J connectivity index is 1.39. The molecular formula is C20H17N5O4. The predicted octanol–water partition coefficient (Wildman–Crippen LogP) is 1.85. The van der Waals surface area contributed by atoms with Gasteiger partial charge in [-0.15, -0.1) is 0 Å². The third-order valence-electron chi connectivity index (χ3n) is 4.56. The van der Waals surface area contributed by atoms with Gasteiger partial charge in [-0.25, -0.2) is 9.67 Å². The van der Waals surface area contributed by atoms with Crippen LogP contribution in [0.5, 0.6) is 11.5 Å². The number of aliphatic imine (C=N–C) groups is 1. The minimum absolute atomic E-state index is 0.136. The van der Waals surface area contributed by atoms with E-state index in [4.69, 9.17) is 13.9 Å². The number of carbonyl (C=O) groups excluding carboxylic acids is 1. The van der Waals surface area contributed by atoms with Gasteiger partial charge in [0.05, 0.1) is 12.7 Å². The highest BCUT2D eigenvalue weighted by molar-refractivity contribution is 5.84. The Morgan fingerprint density at radius 3 is 3.00 bits per heavy atom. The number of amides is 1. The van der Waals surface area contributed by atoms with Crippen molar-refractivity contribution in [2.24, 2.45) is 4.99 Å². The van der Waals surface area contributed by atoms with Crippen molar-refractivity contribution in [3.05, 3.63) is 72.5 Å². The number of nitrogens with zero attached hydrogens (tertiary/aromatic N) is 3. The highest BCUT2D eigenvalue weighted by atomic mass is 16.7. The van der Waals surface area contributed by atoms with Crippen molar-refractivity contribution in [3.8, 4) is 11.5 Å². The van der Waals surface area contributed by atoms with Crippen molar-refractivity contribution >= 4 is 17.9 Å². The van der Waals surface area contributed by atoms with E-state index in [1.807, 2.05) is 6.07 Å². The molecule has 1 aromatic carbocycles. The molecular weight excluding hydrogens is 374 g/mol. The van der Waals surface area contributed by atoms with Crippen molar-refractivity contribution in [1.82, 2.24) is 20.4 Å². The summed E-state index contributed by atoms with van der Waals surface area (Å²) in [6.07, 6.45) is 8.50. The number of hydrogen-bond donors (Lipinski definition) is 2. The van der Waals surface area contributed by atoms with E-state index in [9.17, 15) is 4.79 Å². The largest absolute Gasteiger partial charge is 0.463 e. The first-order valence-corrected chi connectivity index (χ1v) is 8.99. The van der Waals surface area contributed by atoms with Crippen LogP contribution in [0.3, 0.4) is 0 Å². The second-order valence-electron chi connectivity index (χ2n) is 6.51. The van der Waals surface area contributed by atoms with Crippen molar-refractivity contribution in [3.63, 3.8) is 0 Å². The van der Waals surface area contributed by atoms with Gasteiger partial charge >= 0.3 is 0 Å². The monoisotopic (exact) mass is 391 g/mol. The number of aromatic nitrogens is 2. The fourth-order valence-corrected chi connectivity index (χ4v) is 3.24. The Kier molecular flexibility index (Phi) is 4.05. The fourth-order valence-electron chi connectivity index (χ4n) is 3.24. The molecule has 4 heterocycles. The maximum absolute atomic E-state index is 12.9. The van der Waals surface area contributed by atoms with E-state index >= 15 is 0 Å². The van der Waals surface area contributed by atoms with Gasteiger partial charge in [-0.3, -0.25) is 4.79 Å². The van der Waals surface area contributed by atoms with Gasteiger partial charge in [-0.1, -0.05) is 6.07 Å². The number of rotatable bonds is 5. The van der Waals surface area contributed by atoms with Gasteiger partial charge in [-0.2, -0.15) is 5.10 Å². The Labute approximate surface area is 165 Å². The number of benzene rings is 1. The molecule has 1 amide bonds. The first kappa shape index (κ1) is 17.1. The van der Waals surface area contributed by atoms with Crippen LogP contribution in [0.1, 0.15) is 11.3 Å². The zero-order valence-corrected chi connectivity index (χ0v) is 15.2. The third kappa shape index (κ3) is 3.22. The predicted molar refractivity (Wildman–Crippen MR) is 103 cm³/mol. The summed E-state index contributed by atoms with van der Waals surface area (Å²) >= 11 is 0. The smallest absolute Gasteiger partial charge is 0.269 e. The molecule has 2 aromatic heterocycles. The van der Waals surface area contributed by atoms with E-state index in [2.05, 4.69) is 20.7 Å². The van der Waals surface area contributed by atoms with Crippen molar-refractivity contribution in [1.29, 1.82) is 0 Å². The summed E-state index contributed by atoms with van der Waals surface area (Å²) < 4.78 is 17.9. The highest BCUT2D eigenvalue weighted by Gasteiger charge is 2.38. The molecule has 2 N–H and O–H groups in total. The van der Waals surface area contributed by atoms with Crippen LogP contribution in [-0.2, 0) is 17.0 Å². The average molecular weight is 391 g/mol. The maximum atomic E-state index is 12.9. The van der Waals surface area contributed by atoms with E-state index < -0.39 is 5.79 Å². The summed E-state index contributed by atoms with van der Waals surface area (Å²) in [7, 11) is 0. The van der Waals surface area contributed by atoms with E-state index in [-0.39, 0.29) is 19.1 Å². The van der Waals surface area contributed by atoms with Gasteiger partial charge in [0.1, 0.15) is 5.82 Å². The Hall–Kier alpha value is -4.01. The van der Waals surface area contributed by atoms with Crippen LogP contribution < -0.4 is 20.1 Å². The molecule has 0 aliphatic carbocycles. The van der Waals surface area contributed by atoms with Gasteiger partial charge in [0, 0.05) is 18.6 Å². The molecule has 3 aromatic rings. The molecule has 1 unspecified atom stereocenters. The summed E-state index contributed by atoms with van der Waals surface area (Å²) in [6, 6.07) is 10.7. The lowest BCUT2D eigenvalue weighted by Gasteiger charge is -2.33. The van der Waals surface area contributed by atoms with Crippen LogP contribution in [0.15, 0.2) is 70.5 Å². The van der Waals surface area contributed by atoms with E-state index in [1.165, 1.54) is 6.26 Å². The van der Waals surface area contributed by atoms with Gasteiger partial charge in [-0.05, 0) is 42.0 Å². The molecule has 5 rings (SSSR count). The Morgan fingerprint density at radius 2 is 2.17 bits per heavy atom. The van der Waals surface area contributed by atoms with Gasteiger partial charge in [0.15, 0.2) is 17.3 Å². The van der Waals surface area contributed by atoms with Crippen LogP contribution in [-0.4, -0.2) is 28.7 Å². The second kappa shape index (κ2) is 6.86. The van der Waals surface area contributed by atoms with Crippen molar-refractivity contribution in [2.45, 2.75) is 12.2 Å². The van der Waals surface area contributed by atoms with Crippen LogP contribution in [0, 0.1) is 0 Å². The number of fused-ring (bicyclic) bond motifs is 1. The van der Waals surface area contributed by atoms with Crippen molar-refractivity contribution in [2.75, 3.05) is 6.79 Å². The molecule has 2 aliphatic rings. The minimum Gasteiger partial charge on any atom is -0.463 e. The number of ether oxygens (including phenoxy) is 2. The normalized spacial score (nSPS) is 19.5.